The van der Waals surface area contributed by atoms with Crippen LogP contribution in [0.1, 0.15) is 25.7 Å². The molecule has 6 heteroatoms. The van der Waals surface area contributed by atoms with E-state index in [-0.39, 0.29) is 24.4 Å². The maximum atomic E-state index is 12.7. The Hall–Kier alpha value is -1.14. The van der Waals surface area contributed by atoms with Crippen LogP contribution in [0.25, 0.3) is 0 Å². The van der Waals surface area contributed by atoms with Crippen LogP contribution in [0.15, 0.2) is 0 Å². The molecule has 0 aromatic rings. The summed E-state index contributed by atoms with van der Waals surface area (Å²) in [5.41, 5.74) is 0. The summed E-state index contributed by atoms with van der Waals surface area (Å²) in [4.78, 5) is 28.0. The van der Waals surface area contributed by atoms with E-state index >= 15 is 0 Å². The van der Waals surface area contributed by atoms with E-state index in [9.17, 15) is 9.59 Å². The maximum Gasteiger partial charge on any atom is 0.241 e. The van der Waals surface area contributed by atoms with Crippen molar-refractivity contribution in [3.8, 4) is 0 Å². The summed E-state index contributed by atoms with van der Waals surface area (Å²) in [6.45, 7) is 2.29. The lowest BCUT2D eigenvalue weighted by Gasteiger charge is -2.34. The molecule has 0 bridgehead atoms. The van der Waals surface area contributed by atoms with Gasteiger partial charge in [0.25, 0.3) is 0 Å². The smallest absolute Gasteiger partial charge is 0.241 e. The molecule has 2 N–H and O–H groups in total. The minimum atomic E-state index is -0.268. The van der Waals surface area contributed by atoms with Crippen molar-refractivity contribution in [1.29, 1.82) is 0 Å². The SMILES string of the molecule is CN(C)CCN(C(=O)C1CNC(=O)CN1)C1CCCC1. The van der Waals surface area contributed by atoms with E-state index in [4.69, 9.17) is 0 Å². The standard InChI is InChI=1S/C14H26N4O2/c1-17(2)7-8-18(11-5-3-4-6-11)14(20)12-9-16-13(19)10-15-12/h11-12,15H,3-10H2,1-2H3,(H,16,19). The van der Waals surface area contributed by atoms with Crippen LogP contribution in [0.3, 0.4) is 0 Å². The molecule has 0 radical (unpaired) electrons. The molecule has 2 aliphatic rings. The van der Waals surface area contributed by atoms with Gasteiger partial charge in [-0.2, -0.15) is 0 Å². The largest absolute Gasteiger partial charge is 0.353 e. The number of amides is 2. The first-order valence-corrected chi connectivity index (χ1v) is 7.53. The summed E-state index contributed by atoms with van der Waals surface area (Å²) < 4.78 is 0. The molecule has 1 heterocycles. The average molecular weight is 282 g/mol. The summed E-state index contributed by atoms with van der Waals surface area (Å²) in [6.07, 6.45) is 4.65. The zero-order valence-electron chi connectivity index (χ0n) is 12.5. The number of rotatable bonds is 5. The number of carbonyl (C=O) groups excluding carboxylic acids is 2. The van der Waals surface area contributed by atoms with Crippen LogP contribution in [0.2, 0.25) is 0 Å². The molecule has 114 valence electrons. The molecule has 20 heavy (non-hydrogen) atoms. The van der Waals surface area contributed by atoms with Crippen molar-refractivity contribution in [2.24, 2.45) is 0 Å². The number of carbonyl (C=O) groups is 2. The van der Waals surface area contributed by atoms with Crippen molar-refractivity contribution in [1.82, 2.24) is 20.4 Å². The van der Waals surface area contributed by atoms with E-state index in [0.717, 1.165) is 25.9 Å². The number of hydrogen-bond donors (Lipinski definition) is 2. The van der Waals surface area contributed by atoms with Crippen LogP contribution in [0.4, 0.5) is 0 Å². The molecule has 1 unspecified atom stereocenters. The monoisotopic (exact) mass is 282 g/mol. The van der Waals surface area contributed by atoms with Gasteiger partial charge in [0.1, 0.15) is 6.04 Å². The Morgan fingerprint density at radius 3 is 2.50 bits per heavy atom. The minimum Gasteiger partial charge on any atom is -0.353 e. The van der Waals surface area contributed by atoms with Crippen LogP contribution in [0, 0.1) is 0 Å². The highest BCUT2D eigenvalue weighted by Crippen LogP contribution is 2.24. The Morgan fingerprint density at radius 1 is 1.25 bits per heavy atom. The lowest BCUT2D eigenvalue weighted by atomic mass is 10.1. The second-order valence-electron chi connectivity index (χ2n) is 6.01. The number of piperazine rings is 1. The third-order valence-electron chi connectivity index (χ3n) is 4.15. The van der Waals surface area contributed by atoms with E-state index in [2.05, 4.69) is 15.5 Å². The van der Waals surface area contributed by atoms with Crippen molar-refractivity contribution < 1.29 is 9.59 Å². The van der Waals surface area contributed by atoms with Gasteiger partial charge in [-0.05, 0) is 26.9 Å². The summed E-state index contributed by atoms with van der Waals surface area (Å²) >= 11 is 0. The molecule has 6 nitrogen and oxygen atoms in total. The molecule has 1 aliphatic heterocycles. The average Bonchev–Trinajstić information content (AvgIpc) is 2.93. The Labute approximate surface area is 120 Å². The topological polar surface area (TPSA) is 64.7 Å². The lowest BCUT2D eigenvalue weighted by Crippen LogP contribution is -2.60. The summed E-state index contributed by atoms with van der Waals surface area (Å²) in [6, 6.07) is 0.109. The first-order valence-electron chi connectivity index (χ1n) is 7.53. The van der Waals surface area contributed by atoms with Gasteiger partial charge in [0.05, 0.1) is 6.54 Å². The van der Waals surface area contributed by atoms with E-state index in [0.29, 0.717) is 12.6 Å². The van der Waals surface area contributed by atoms with Gasteiger partial charge in [-0.15, -0.1) is 0 Å². The summed E-state index contributed by atoms with van der Waals surface area (Å²) in [7, 11) is 4.05. The molecule has 2 rings (SSSR count). The summed E-state index contributed by atoms with van der Waals surface area (Å²) in [5, 5.41) is 5.81. The van der Waals surface area contributed by atoms with Crippen molar-refractivity contribution >= 4 is 11.8 Å². The molecule has 0 aromatic carbocycles. The molecular weight excluding hydrogens is 256 g/mol. The molecule has 1 saturated heterocycles. The maximum absolute atomic E-state index is 12.7. The Balaban J connectivity index is 1.96. The fraction of sp³-hybridized carbons (Fsp3) is 0.857. The van der Waals surface area contributed by atoms with Crippen molar-refractivity contribution in [3.05, 3.63) is 0 Å². The third-order valence-corrected chi connectivity index (χ3v) is 4.15. The normalized spacial score (nSPS) is 23.9. The van der Waals surface area contributed by atoms with Crippen LogP contribution < -0.4 is 10.6 Å². The van der Waals surface area contributed by atoms with Crippen LogP contribution in [-0.2, 0) is 9.59 Å². The molecular formula is C14H26N4O2. The quantitative estimate of drug-likeness (QED) is 0.707. The number of hydrogen-bond acceptors (Lipinski definition) is 4. The van der Waals surface area contributed by atoms with Gasteiger partial charge >= 0.3 is 0 Å². The number of nitrogens with one attached hydrogen (secondary N) is 2. The predicted octanol–water partition coefficient (Wildman–Crippen LogP) is -0.593. The molecule has 2 fully saturated rings. The fourth-order valence-corrected chi connectivity index (χ4v) is 2.94. The lowest BCUT2D eigenvalue weighted by molar-refractivity contribution is -0.137. The van der Waals surface area contributed by atoms with Crippen LogP contribution in [0.5, 0.6) is 0 Å². The number of likely N-dealkylation sites (N-methyl/N-ethyl adjacent to an activating group) is 1. The second-order valence-corrected chi connectivity index (χ2v) is 6.01. The van der Waals surface area contributed by atoms with Gasteiger partial charge in [-0.1, -0.05) is 12.8 Å². The molecule has 1 aliphatic carbocycles. The van der Waals surface area contributed by atoms with Gasteiger partial charge in [0.15, 0.2) is 0 Å². The van der Waals surface area contributed by atoms with Crippen LogP contribution in [-0.4, -0.2) is 74.0 Å². The molecule has 2 amide bonds. The first-order chi connectivity index (χ1) is 9.58. The number of nitrogens with zero attached hydrogens (tertiary/aromatic N) is 2. The van der Waals surface area contributed by atoms with Gasteiger partial charge in [0.2, 0.25) is 11.8 Å². The van der Waals surface area contributed by atoms with E-state index in [1.165, 1.54) is 12.8 Å². The Bertz CT molecular complexity index is 343. The highest BCUT2D eigenvalue weighted by Gasteiger charge is 2.32. The van der Waals surface area contributed by atoms with Crippen LogP contribution >= 0.6 is 0 Å². The Kier molecular flexibility index (Phi) is 5.37. The van der Waals surface area contributed by atoms with Gasteiger partial charge in [-0.3, -0.25) is 14.9 Å². The zero-order valence-corrected chi connectivity index (χ0v) is 12.5. The third kappa shape index (κ3) is 3.93. The van der Waals surface area contributed by atoms with Crippen molar-refractivity contribution in [2.75, 3.05) is 40.3 Å². The molecule has 0 spiro atoms. The van der Waals surface area contributed by atoms with Gasteiger partial charge in [0, 0.05) is 25.7 Å². The summed E-state index contributed by atoms with van der Waals surface area (Å²) in [5.74, 6) is 0.105. The van der Waals surface area contributed by atoms with Gasteiger partial charge in [-0.25, -0.2) is 0 Å². The minimum absolute atomic E-state index is 0.0326. The fourth-order valence-electron chi connectivity index (χ4n) is 2.94. The van der Waals surface area contributed by atoms with Crippen molar-refractivity contribution in [3.63, 3.8) is 0 Å². The first kappa shape index (κ1) is 15.3. The molecule has 1 saturated carbocycles. The predicted molar refractivity (Wildman–Crippen MR) is 77.3 cm³/mol. The van der Waals surface area contributed by atoms with Gasteiger partial charge < -0.3 is 15.1 Å². The highest BCUT2D eigenvalue weighted by atomic mass is 16.2. The van der Waals surface area contributed by atoms with Crippen molar-refractivity contribution in [2.45, 2.75) is 37.8 Å². The highest BCUT2D eigenvalue weighted by molar-refractivity contribution is 5.87. The van der Waals surface area contributed by atoms with E-state index in [1.807, 2.05) is 19.0 Å². The van der Waals surface area contributed by atoms with E-state index < -0.39 is 0 Å². The molecule has 0 aromatic heterocycles. The van der Waals surface area contributed by atoms with E-state index in [1.54, 1.807) is 0 Å². The molecule has 1 atom stereocenters. The zero-order chi connectivity index (χ0) is 14.5. The second kappa shape index (κ2) is 7.04. The Morgan fingerprint density at radius 2 is 1.95 bits per heavy atom.